The van der Waals surface area contributed by atoms with E-state index in [1.807, 2.05) is 4.90 Å². The molecule has 104 valence electrons. The Balaban J connectivity index is 2.11. The summed E-state index contributed by atoms with van der Waals surface area (Å²) in [5, 5.41) is 16.5. The van der Waals surface area contributed by atoms with E-state index in [0.717, 1.165) is 0 Å². The molecule has 0 bridgehead atoms. The van der Waals surface area contributed by atoms with Crippen molar-refractivity contribution in [2.24, 2.45) is 5.73 Å². The lowest BCUT2D eigenvalue weighted by Crippen LogP contribution is -2.46. The number of nitrogens with zero attached hydrogens (tertiary/aromatic N) is 1. The Morgan fingerprint density at radius 2 is 2.37 bits per heavy atom. The number of aliphatic hydroxyl groups excluding tert-OH is 1. The van der Waals surface area contributed by atoms with Gasteiger partial charge in [-0.2, -0.15) is 0 Å². The van der Waals surface area contributed by atoms with Crippen LogP contribution in [-0.4, -0.2) is 48.2 Å². The van der Waals surface area contributed by atoms with Gasteiger partial charge in [0.2, 0.25) is 0 Å². The topological polar surface area (TPSA) is 82.6 Å². The summed E-state index contributed by atoms with van der Waals surface area (Å²) in [5.74, 6) is -0.527. The molecule has 0 saturated carbocycles. The molecule has 2 rings (SSSR count). The van der Waals surface area contributed by atoms with Crippen molar-refractivity contribution in [2.45, 2.75) is 12.6 Å². The van der Waals surface area contributed by atoms with E-state index in [4.69, 9.17) is 15.9 Å². The molecule has 0 aromatic heterocycles. The third-order valence-corrected chi connectivity index (χ3v) is 3.30. The fourth-order valence-electron chi connectivity index (χ4n) is 2.13. The van der Waals surface area contributed by atoms with E-state index in [9.17, 15) is 9.50 Å². The summed E-state index contributed by atoms with van der Waals surface area (Å²) in [7, 11) is 0. The highest BCUT2D eigenvalue weighted by atomic mass is 19.1. The highest BCUT2D eigenvalue weighted by Gasteiger charge is 2.23. The molecule has 1 fully saturated rings. The highest BCUT2D eigenvalue weighted by Crippen LogP contribution is 2.16. The van der Waals surface area contributed by atoms with E-state index in [-0.39, 0.29) is 24.3 Å². The number of rotatable bonds is 4. The van der Waals surface area contributed by atoms with Crippen LogP contribution in [0.2, 0.25) is 0 Å². The molecule has 1 aromatic carbocycles. The van der Waals surface area contributed by atoms with Crippen LogP contribution in [0.1, 0.15) is 11.1 Å². The molecule has 1 heterocycles. The fourth-order valence-corrected chi connectivity index (χ4v) is 2.13. The third kappa shape index (κ3) is 3.28. The zero-order valence-electron chi connectivity index (χ0n) is 10.6. The van der Waals surface area contributed by atoms with E-state index < -0.39 is 0 Å². The van der Waals surface area contributed by atoms with Crippen LogP contribution in [0.5, 0.6) is 0 Å². The number of aliphatic hydroxyl groups is 1. The maximum atomic E-state index is 13.9. The minimum absolute atomic E-state index is 0.00680. The first kappa shape index (κ1) is 13.9. The van der Waals surface area contributed by atoms with Crippen LogP contribution in [0.25, 0.3) is 0 Å². The third-order valence-electron chi connectivity index (χ3n) is 3.30. The van der Waals surface area contributed by atoms with Crippen LogP contribution in [0.4, 0.5) is 4.39 Å². The van der Waals surface area contributed by atoms with Gasteiger partial charge in [-0.15, -0.1) is 0 Å². The Morgan fingerprint density at radius 1 is 1.58 bits per heavy atom. The second-order valence-corrected chi connectivity index (χ2v) is 4.60. The van der Waals surface area contributed by atoms with Crippen molar-refractivity contribution in [2.75, 3.05) is 26.4 Å². The van der Waals surface area contributed by atoms with Crippen LogP contribution in [-0.2, 0) is 11.3 Å². The number of ether oxygens (including phenoxy) is 1. The monoisotopic (exact) mass is 267 g/mol. The number of nitrogens with two attached hydrogens (primary N) is 1. The number of halogens is 1. The zero-order chi connectivity index (χ0) is 13.8. The lowest BCUT2D eigenvalue weighted by atomic mass is 10.1. The molecule has 5 nitrogen and oxygen atoms in total. The molecule has 1 atom stereocenters. The van der Waals surface area contributed by atoms with Gasteiger partial charge >= 0.3 is 0 Å². The maximum absolute atomic E-state index is 13.9. The summed E-state index contributed by atoms with van der Waals surface area (Å²) >= 11 is 0. The number of hydrogen-bond donors (Lipinski definition) is 3. The molecule has 0 amide bonds. The lowest BCUT2D eigenvalue weighted by Gasteiger charge is -2.34. The standard InChI is InChI=1S/C13H18FN3O2/c14-12-5-9(13(15)16)1-2-10(12)6-17-3-4-19-8-11(17)7-18/h1-2,5,11,18H,3-4,6-8H2,(H3,15,16). The predicted octanol–water partition coefficient (Wildman–Crippen LogP) is 0.303. The van der Waals surface area contributed by atoms with Crippen LogP contribution in [0.15, 0.2) is 18.2 Å². The Hall–Kier alpha value is -1.50. The van der Waals surface area contributed by atoms with Crippen molar-refractivity contribution >= 4 is 5.84 Å². The highest BCUT2D eigenvalue weighted by molar-refractivity contribution is 5.94. The largest absolute Gasteiger partial charge is 0.395 e. The Labute approximate surface area is 111 Å². The average molecular weight is 267 g/mol. The molecule has 0 spiro atoms. The van der Waals surface area contributed by atoms with Gasteiger partial charge in [-0.1, -0.05) is 12.1 Å². The second kappa shape index (κ2) is 6.10. The van der Waals surface area contributed by atoms with Crippen LogP contribution >= 0.6 is 0 Å². The summed E-state index contributed by atoms with van der Waals surface area (Å²) in [5.41, 5.74) is 6.23. The molecule has 0 radical (unpaired) electrons. The molecule has 1 aliphatic rings. The minimum atomic E-state index is -0.379. The van der Waals surface area contributed by atoms with Gasteiger partial charge in [0.05, 0.1) is 25.9 Å². The van der Waals surface area contributed by atoms with Gasteiger partial charge in [0.25, 0.3) is 0 Å². The molecule has 0 aliphatic carbocycles. The van der Waals surface area contributed by atoms with Gasteiger partial charge in [-0.3, -0.25) is 10.3 Å². The molecule has 1 aromatic rings. The molecular weight excluding hydrogens is 249 g/mol. The summed E-state index contributed by atoms with van der Waals surface area (Å²) in [6.07, 6.45) is 0. The van der Waals surface area contributed by atoms with Crippen molar-refractivity contribution in [1.82, 2.24) is 4.90 Å². The van der Waals surface area contributed by atoms with Gasteiger partial charge in [0.1, 0.15) is 11.7 Å². The summed E-state index contributed by atoms with van der Waals surface area (Å²) in [6, 6.07) is 4.44. The molecule has 4 N–H and O–H groups in total. The van der Waals surface area contributed by atoms with Gasteiger partial charge in [-0.25, -0.2) is 4.39 Å². The first-order chi connectivity index (χ1) is 9.11. The zero-order valence-corrected chi connectivity index (χ0v) is 10.6. The first-order valence-corrected chi connectivity index (χ1v) is 6.17. The SMILES string of the molecule is N=C(N)c1ccc(CN2CCOCC2CO)c(F)c1. The molecule has 19 heavy (non-hydrogen) atoms. The van der Waals surface area contributed by atoms with Crippen molar-refractivity contribution in [3.63, 3.8) is 0 Å². The Morgan fingerprint density at radius 3 is 3.00 bits per heavy atom. The Bertz CT molecular complexity index is 467. The number of morpholine rings is 1. The number of nitrogen functional groups attached to an aromatic ring is 1. The summed E-state index contributed by atoms with van der Waals surface area (Å²) in [4.78, 5) is 2.00. The second-order valence-electron chi connectivity index (χ2n) is 4.60. The van der Waals surface area contributed by atoms with Crippen LogP contribution < -0.4 is 5.73 Å². The van der Waals surface area contributed by atoms with Crippen molar-refractivity contribution in [3.05, 3.63) is 35.1 Å². The van der Waals surface area contributed by atoms with Gasteiger partial charge in [-0.05, 0) is 6.07 Å². The molecule has 1 aliphatic heterocycles. The van der Waals surface area contributed by atoms with Crippen LogP contribution in [0, 0.1) is 11.2 Å². The average Bonchev–Trinajstić information content (AvgIpc) is 2.41. The minimum Gasteiger partial charge on any atom is -0.395 e. The van der Waals surface area contributed by atoms with Crippen molar-refractivity contribution < 1.29 is 14.2 Å². The predicted molar refractivity (Wildman–Crippen MR) is 69.5 cm³/mol. The molecule has 1 saturated heterocycles. The van der Waals surface area contributed by atoms with Gasteiger partial charge in [0, 0.05) is 24.2 Å². The molecular formula is C13H18FN3O2. The van der Waals surface area contributed by atoms with E-state index in [0.29, 0.717) is 37.4 Å². The van der Waals surface area contributed by atoms with Crippen molar-refractivity contribution in [1.29, 1.82) is 5.41 Å². The van der Waals surface area contributed by atoms with E-state index in [1.165, 1.54) is 6.07 Å². The van der Waals surface area contributed by atoms with E-state index in [1.54, 1.807) is 12.1 Å². The normalized spacial score (nSPS) is 20.4. The van der Waals surface area contributed by atoms with Gasteiger partial charge in [0.15, 0.2) is 0 Å². The molecule has 1 unspecified atom stereocenters. The van der Waals surface area contributed by atoms with Crippen LogP contribution in [0.3, 0.4) is 0 Å². The smallest absolute Gasteiger partial charge is 0.128 e. The number of benzene rings is 1. The quantitative estimate of drug-likeness (QED) is 0.541. The molecule has 6 heteroatoms. The lowest BCUT2D eigenvalue weighted by molar-refractivity contribution is -0.0316. The summed E-state index contributed by atoms with van der Waals surface area (Å²) < 4.78 is 19.2. The number of amidine groups is 1. The number of nitrogens with one attached hydrogen (secondary N) is 1. The number of hydrogen-bond acceptors (Lipinski definition) is 4. The van der Waals surface area contributed by atoms with Gasteiger partial charge < -0.3 is 15.6 Å². The van der Waals surface area contributed by atoms with E-state index in [2.05, 4.69) is 0 Å². The fraction of sp³-hybridized carbons (Fsp3) is 0.462. The maximum Gasteiger partial charge on any atom is 0.128 e. The van der Waals surface area contributed by atoms with E-state index >= 15 is 0 Å². The van der Waals surface area contributed by atoms with Crippen molar-refractivity contribution in [3.8, 4) is 0 Å². The summed E-state index contributed by atoms with van der Waals surface area (Å²) in [6.45, 7) is 2.12. The first-order valence-electron chi connectivity index (χ1n) is 6.17. The Kier molecular flexibility index (Phi) is 4.47.